The van der Waals surface area contributed by atoms with Gasteiger partial charge in [-0.05, 0) is 45.7 Å². The Labute approximate surface area is 117 Å². The molecule has 0 amide bonds. The molecule has 0 aromatic heterocycles. The first-order chi connectivity index (χ1) is 8.88. The lowest BCUT2D eigenvalue weighted by atomic mass is 9.83. The second-order valence-electron chi connectivity index (χ2n) is 6.28. The van der Waals surface area contributed by atoms with E-state index in [0.29, 0.717) is 18.1 Å². The average Bonchev–Trinajstić information content (AvgIpc) is 2.38. The van der Waals surface area contributed by atoms with Crippen molar-refractivity contribution < 1.29 is 8.42 Å². The quantitative estimate of drug-likeness (QED) is 0.768. The van der Waals surface area contributed by atoms with Crippen molar-refractivity contribution in [3.63, 3.8) is 0 Å². The molecular weight excluding hydrogens is 262 g/mol. The Morgan fingerprint density at radius 3 is 2.21 bits per heavy atom. The van der Waals surface area contributed by atoms with Gasteiger partial charge in [-0.3, -0.25) is 10.2 Å². The van der Waals surface area contributed by atoms with Gasteiger partial charge in [0, 0.05) is 25.4 Å². The van der Waals surface area contributed by atoms with Crippen LogP contribution in [0.3, 0.4) is 0 Å². The summed E-state index contributed by atoms with van der Waals surface area (Å²) < 4.78 is 23.2. The zero-order valence-corrected chi connectivity index (χ0v) is 13.0. The molecule has 2 aliphatic rings. The van der Waals surface area contributed by atoms with Crippen LogP contribution >= 0.6 is 0 Å². The van der Waals surface area contributed by atoms with Crippen molar-refractivity contribution in [3.8, 4) is 0 Å². The first-order valence-electron chi connectivity index (χ1n) is 7.20. The minimum Gasteiger partial charge on any atom is -0.312 e. The lowest BCUT2D eigenvalue weighted by Crippen LogP contribution is -2.62. The Bertz CT molecular complexity index is 389. The van der Waals surface area contributed by atoms with Gasteiger partial charge in [0.25, 0.3) is 0 Å². The fraction of sp³-hybridized carbons (Fsp3) is 1.00. The molecule has 2 atom stereocenters. The molecule has 2 unspecified atom stereocenters. The highest BCUT2D eigenvalue weighted by atomic mass is 32.2. The fourth-order valence-electron chi connectivity index (χ4n) is 3.29. The zero-order valence-electron chi connectivity index (χ0n) is 12.2. The third-order valence-corrected chi connectivity index (χ3v) is 6.31. The van der Waals surface area contributed by atoms with Gasteiger partial charge in [0.15, 0.2) is 0 Å². The molecule has 1 aliphatic carbocycles. The van der Waals surface area contributed by atoms with E-state index in [1.807, 2.05) is 0 Å². The van der Waals surface area contributed by atoms with E-state index < -0.39 is 9.84 Å². The van der Waals surface area contributed by atoms with Crippen LogP contribution in [0.4, 0.5) is 0 Å². The van der Waals surface area contributed by atoms with E-state index >= 15 is 0 Å². The summed E-state index contributed by atoms with van der Waals surface area (Å²) in [4.78, 5) is 2.20. The minimum atomic E-state index is -2.85. The molecule has 0 aromatic rings. The highest BCUT2D eigenvalue weighted by Gasteiger charge is 2.34. The van der Waals surface area contributed by atoms with Crippen molar-refractivity contribution in [2.24, 2.45) is 5.92 Å². The van der Waals surface area contributed by atoms with Gasteiger partial charge in [0.2, 0.25) is 0 Å². The van der Waals surface area contributed by atoms with Crippen molar-refractivity contribution in [1.82, 2.24) is 15.5 Å². The summed E-state index contributed by atoms with van der Waals surface area (Å²) in [5.41, 5.74) is 0. The maximum Gasteiger partial charge on any atom is 0.150 e. The fourth-order valence-corrected chi connectivity index (χ4v) is 4.42. The van der Waals surface area contributed by atoms with Crippen molar-refractivity contribution in [2.75, 3.05) is 33.4 Å². The number of hydrogen-bond acceptors (Lipinski definition) is 5. The third kappa shape index (κ3) is 3.90. The molecule has 112 valence electrons. The van der Waals surface area contributed by atoms with Crippen LogP contribution < -0.4 is 10.6 Å². The number of rotatable bonds is 3. The van der Waals surface area contributed by atoms with Gasteiger partial charge in [-0.15, -0.1) is 0 Å². The van der Waals surface area contributed by atoms with Crippen LogP contribution in [0.25, 0.3) is 0 Å². The van der Waals surface area contributed by atoms with E-state index in [9.17, 15) is 8.42 Å². The van der Waals surface area contributed by atoms with Gasteiger partial charge in [-0.25, -0.2) is 8.42 Å². The summed E-state index contributed by atoms with van der Waals surface area (Å²) in [5.74, 6) is 0.605. The molecule has 1 saturated carbocycles. The second-order valence-corrected chi connectivity index (χ2v) is 8.60. The largest absolute Gasteiger partial charge is 0.312 e. The third-order valence-electron chi connectivity index (χ3n) is 4.63. The molecule has 2 fully saturated rings. The molecular formula is C13H27N3O2S. The Kier molecular flexibility index (Phi) is 4.87. The first kappa shape index (κ1) is 15.2. The minimum absolute atomic E-state index is 0.107. The summed E-state index contributed by atoms with van der Waals surface area (Å²) in [6, 6.07) is 0.474. The predicted octanol–water partition coefficient (Wildman–Crippen LogP) is 0.0389. The molecule has 2 rings (SSSR count). The molecule has 1 aliphatic heterocycles. The molecule has 0 spiro atoms. The topological polar surface area (TPSA) is 61.4 Å². The van der Waals surface area contributed by atoms with Crippen molar-refractivity contribution in [1.29, 1.82) is 0 Å². The summed E-state index contributed by atoms with van der Waals surface area (Å²) in [5, 5.41) is 7.07. The summed E-state index contributed by atoms with van der Waals surface area (Å²) in [6.45, 7) is 1.97. The van der Waals surface area contributed by atoms with E-state index in [1.165, 1.54) is 6.26 Å². The molecule has 19 heavy (non-hydrogen) atoms. The molecule has 2 N–H and O–H groups in total. The van der Waals surface area contributed by atoms with E-state index in [-0.39, 0.29) is 5.25 Å². The van der Waals surface area contributed by atoms with Gasteiger partial charge in [0.05, 0.1) is 11.4 Å². The standard InChI is InChI=1S/C13H27N3O2S/c1-16(2)13-9-14-8-12(15-13)10-4-6-11(7-5-10)19(3,17)18/h10-15H,4-9H2,1-3H3. The van der Waals surface area contributed by atoms with Gasteiger partial charge in [-0.2, -0.15) is 0 Å². The highest BCUT2D eigenvalue weighted by molar-refractivity contribution is 7.91. The second kappa shape index (κ2) is 6.08. The molecule has 1 saturated heterocycles. The van der Waals surface area contributed by atoms with Crippen LogP contribution in [-0.4, -0.2) is 64.2 Å². The van der Waals surface area contributed by atoms with Crippen LogP contribution in [0.15, 0.2) is 0 Å². The summed E-state index contributed by atoms with van der Waals surface area (Å²) >= 11 is 0. The molecule has 5 nitrogen and oxygen atoms in total. The monoisotopic (exact) mass is 289 g/mol. The SMILES string of the molecule is CN(C)C1CNCC(C2CCC(S(C)(=O)=O)CC2)N1. The van der Waals surface area contributed by atoms with Crippen molar-refractivity contribution in [2.45, 2.75) is 43.1 Å². The van der Waals surface area contributed by atoms with E-state index in [1.54, 1.807) is 0 Å². The van der Waals surface area contributed by atoms with Gasteiger partial charge in [0.1, 0.15) is 9.84 Å². The van der Waals surface area contributed by atoms with Crippen molar-refractivity contribution >= 4 is 9.84 Å². The number of likely N-dealkylation sites (N-methyl/N-ethyl adjacent to an activating group) is 1. The lowest BCUT2D eigenvalue weighted by molar-refractivity contribution is 0.143. The van der Waals surface area contributed by atoms with Gasteiger partial charge >= 0.3 is 0 Å². The maximum atomic E-state index is 11.6. The lowest BCUT2D eigenvalue weighted by Gasteiger charge is -2.41. The Balaban J connectivity index is 1.87. The molecule has 0 radical (unpaired) electrons. The number of sulfone groups is 1. The number of hydrogen-bond donors (Lipinski definition) is 2. The van der Waals surface area contributed by atoms with Crippen LogP contribution in [0, 0.1) is 5.92 Å². The molecule has 0 bridgehead atoms. The van der Waals surface area contributed by atoms with Crippen molar-refractivity contribution in [3.05, 3.63) is 0 Å². The van der Waals surface area contributed by atoms with Crippen LogP contribution in [0.2, 0.25) is 0 Å². The van der Waals surface area contributed by atoms with E-state index in [4.69, 9.17) is 0 Å². The van der Waals surface area contributed by atoms with Crippen LogP contribution in [0.5, 0.6) is 0 Å². The smallest absolute Gasteiger partial charge is 0.150 e. The average molecular weight is 289 g/mol. The van der Waals surface area contributed by atoms with Gasteiger partial charge in [-0.1, -0.05) is 0 Å². The van der Waals surface area contributed by atoms with Gasteiger partial charge < -0.3 is 5.32 Å². The number of nitrogens with zero attached hydrogens (tertiary/aromatic N) is 1. The maximum absolute atomic E-state index is 11.6. The van der Waals surface area contributed by atoms with Crippen LogP contribution in [-0.2, 0) is 9.84 Å². The first-order valence-corrected chi connectivity index (χ1v) is 9.15. The van der Waals surface area contributed by atoms with E-state index in [0.717, 1.165) is 38.8 Å². The number of piperazine rings is 1. The highest BCUT2D eigenvalue weighted by Crippen LogP contribution is 2.30. The molecule has 1 heterocycles. The summed E-state index contributed by atoms with van der Waals surface area (Å²) in [7, 11) is 1.32. The Morgan fingerprint density at radius 2 is 1.68 bits per heavy atom. The van der Waals surface area contributed by atoms with E-state index in [2.05, 4.69) is 29.6 Å². The Morgan fingerprint density at radius 1 is 1.05 bits per heavy atom. The number of nitrogens with one attached hydrogen (secondary N) is 2. The summed E-state index contributed by atoms with van der Waals surface area (Å²) in [6.07, 6.45) is 5.46. The molecule has 6 heteroatoms. The van der Waals surface area contributed by atoms with Crippen LogP contribution in [0.1, 0.15) is 25.7 Å². The zero-order chi connectivity index (χ0) is 14.0. The predicted molar refractivity (Wildman–Crippen MR) is 77.9 cm³/mol. The normalized spacial score (nSPS) is 37.5. The molecule has 0 aromatic carbocycles. The Hall–Kier alpha value is -0.170.